The van der Waals surface area contributed by atoms with Crippen LogP contribution < -0.4 is 5.32 Å². The van der Waals surface area contributed by atoms with Crippen molar-refractivity contribution in [1.29, 1.82) is 0 Å². The monoisotopic (exact) mass is 251 g/mol. The lowest BCUT2D eigenvalue weighted by Gasteiger charge is -2.23. The Kier molecular flexibility index (Phi) is 4.47. The first-order chi connectivity index (χ1) is 8.16. The normalized spacial score (nSPS) is 26.1. The maximum atomic E-state index is 6.19. The fourth-order valence-corrected chi connectivity index (χ4v) is 3.02. The molecule has 0 heterocycles. The highest BCUT2D eigenvalue weighted by atomic mass is 35.5. The topological polar surface area (TPSA) is 12.0 Å². The summed E-state index contributed by atoms with van der Waals surface area (Å²) < 4.78 is 0. The first-order valence-corrected chi connectivity index (χ1v) is 7.04. The van der Waals surface area contributed by atoms with Crippen LogP contribution in [0.4, 0.5) is 0 Å². The number of hydrogen-bond acceptors (Lipinski definition) is 1. The van der Waals surface area contributed by atoms with Crippen molar-refractivity contribution in [1.82, 2.24) is 5.32 Å². The van der Waals surface area contributed by atoms with Gasteiger partial charge >= 0.3 is 0 Å². The van der Waals surface area contributed by atoms with Crippen LogP contribution in [0.5, 0.6) is 0 Å². The van der Waals surface area contributed by atoms with Gasteiger partial charge in [-0.3, -0.25) is 0 Å². The highest BCUT2D eigenvalue weighted by molar-refractivity contribution is 6.31. The van der Waals surface area contributed by atoms with Gasteiger partial charge in [-0.2, -0.15) is 0 Å². The molecule has 0 aliphatic heterocycles. The molecule has 3 atom stereocenters. The van der Waals surface area contributed by atoms with E-state index in [0.29, 0.717) is 12.1 Å². The van der Waals surface area contributed by atoms with Crippen LogP contribution in [0.2, 0.25) is 5.02 Å². The molecule has 1 nitrogen and oxygen atoms in total. The van der Waals surface area contributed by atoms with Gasteiger partial charge in [0, 0.05) is 17.1 Å². The molecule has 0 radical (unpaired) electrons. The van der Waals surface area contributed by atoms with Gasteiger partial charge in [0.25, 0.3) is 0 Å². The molecule has 2 heteroatoms. The number of halogens is 1. The Bertz CT molecular complexity index is 364. The third-order valence-corrected chi connectivity index (χ3v) is 4.21. The fourth-order valence-electron chi connectivity index (χ4n) is 2.81. The van der Waals surface area contributed by atoms with Crippen molar-refractivity contribution >= 4 is 11.6 Å². The zero-order valence-corrected chi connectivity index (χ0v) is 11.5. The molecule has 0 amide bonds. The number of nitrogens with one attached hydrogen (secondary N) is 1. The Morgan fingerprint density at radius 1 is 1.35 bits per heavy atom. The second kappa shape index (κ2) is 5.88. The summed E-state index contributed by atoms with van der Waals surface area (Å²) in [6.07, 6.45) is 5.09. The second-order valence-electron chi connectivity index (χ2n) is 5.38. The fraction of sp³-hybridized carbons (Fsp3) is 0.600. The van der Waals surface area contributed by atoms with E-state index in [4.69, 9.17) is 11.6 Å². The predicted molar refractivity (Wildman–Crippen MR) is 74.6 cm³/mol. The van der Waals surface area contributed by atoms with Gasteiger partial charge in [0.15, 0.2) is 0 Å². The summed E-state index contributed by atoms with van der Waals surface area (Å²) in [6, 6.07) is 9.35. The molecule has 3 unspecified atom stereocenters. The highest BCUT2D eigenvalue weighted by Gasteiger charge is 2.24. The first-order valence-electron chi connectivity index (χ1n) is 6.66. The van der Waals surface area contributed by atoms with Crippen molar-refractivity contribution in [2.24, 2.45) is 5.92 Å². The predicted octanol–water partition coefficient (Wildman–Crippen LogP) is 4.05. The van der Waals surface area contributed by atoms with E-state index < -0.39 is 0 Å². The molecule has 1 N–H and O–H groups in total. The van der Waals surface area contributed by atoms with Crippen molar-refractivity contribution < 1.29 is 0 Å². The van der Waals surface area contributed by atoms with Gasteiger partial charge in [-0.15, -0.1) is 0 Å². The molecule has 1 aliphatic carbocycles. The van der Waals surface area contributed by atoms with Crippen molar-refractivity contribution in [2.75, 3.05) is 0 Å². The molecule has 2 rings (SSSR count). The maximum Gasteiger partial charge on any atom is 0.0438 e. The zero-order valence-electron chi connectivity index (χ0n) is 10.7. The highest BCUT2D eigenvalue weighted by Crippen LogP contribution is 2.25. The quantitative estimate of drug-likeness (QED) is 0.851. The van der Waals surface area contributed by atoms with Crippen LogP contribution in [0.3, 0.4) is 0 Å². The summed E-state index contributed by atoms with van der Waals surface area (Å²) in [5.74, 6) is 0.823. The summed E-state index contributed by atoms with van der Waals surface area (Å²) >= 11 is 6.19. The zero-order chi connectivity index (χ0) is 12.3. The Morgan fingerprint density at radius 2 is 2.12 bits per heavy atom. The Labute approximate surface area is 110 Å². The summed E-state index contributed by atoms with van der Waals surface area (Å²) in [5.41, 5.74) is 1.25. The summed E-state index contributed by atoms with van der Waals surface area (Å²) in [7, 11) is 0. The largest absolute Gasteiger partial charge is 0.311 e. The standard InChI is InChI=1S/C15H22ClN/c1-11-6-5-9-15(11)17-12(2)10-13-7-3-4-8-14(13)16/h3-4,7-8,11-12,15,17H,5-6,9-10H2,1-2H3. The minimum absolute atomic E-state index is 0.500. The van der Waals surface area contributed by atoms with Crippen molar-refractivity contribution in [3.63, 3.8) is 0 Å². The lowest BCUT2D eigenvalue weighted by atomic mass is 10.0. The number of benzene rings is 1. The molecule has 94 valence electrons. The molecule has 0 aromatic heterocycles. The van der Waals surface area contributed by atoms with Gasteiger partial charge in [0.1, 0.15) is 0 Å². The van der Waals surface area contributed by atoms with E-state index in [1.807, 2.05) is 12.1 Å². The average molecular weight is 252 g/mol. The van der Waals surface area contributed by atoms with Crippen molar-refractivity contribution in [3.05, 3.63) is 34.9 Å². The molecule has 1 aromatic rings. The van der Waals surface area contributed by atoms with Gasteiger partial charge < -0.3 is 5.32 Å². The van der Waals surface area contributed by atoms with Gasteiger partial charge in [0.2, 0.25) is 0 Å². The Balaban J connectivity index is 1.89. The smallest absolute Gasteiger partial charge is 0.0438 e. The average Bonchev–Trinajstić information content (AvgIpc) is 2.68. The minimum atomic E-state index is 0.500. The van der Waals surface area contributed by atoms with Crippen LogP contribution in [0, 0.1) is 5.92 Å². The number of hydrogen-bond donors (Lipinski definition) is 1. The lowest BCUT2D eigenvalue weighted by molar-refractivity contribution is 0.382. The lowest BCUT2D eigenvalue weighted by Crippen LogP contribution is -2.39. The minimum Gasteiger partial charge on any atom is -0.311 e. The molecule has 0 bridgehead atoms. The Hall–Kier alpha value is -0.530. The van der Waals surface area contributed by atoms with Crippen LogP contribution in [-0.2, 0) is 6.42 Å². The van der Waals surface area contributed by atoms with Crippen molar-refractivity contribution in [3.8, 4) is 0 Å². The molecule has 1 aromatic carbocycles. The third kappa shape index (κ3) is 3.46. The van der Waals surface area contributed by atoms with Gasteiger partial charge in [-0.1, -0.05) is 43.1 Å². The first kappa shape index (κ1) is 12.9. The van der Waals surface area contributed by atoms with E-state index in [2.05, 4.69) is 31.3 Å². The van der Waals surface area contributed by atoms with E-state index >= 15 is 0 Å². The van der Waals surface area contributed by atoms with Crippen LogP contribution in [-0.4, -0.2) is 12.1 Å². The van der Waals surface area contributed by atoms with Crippen LogP contribution in [0.15, 0.2) is 24.3 Å². The van der Waals surface area contributed by atoms with E-state index in [0.717, 1.165) is 17.4 Å². The van der Waals surface area contributed by atoms with Crippen LogP contribution >= 0.6 is 11.6 Å². The molecule has 1 fully saturated rings. The molecular weight excluding hydrogens is 230 g/mol. The second-order valence-corrected chi connectivity index (χ2v) is 5.79. The maximum absolute atomic E-state index is 6.19. The molecule has 1 aliphatic rings. The van der Waals surface area contributed by atoms with Crippen molar-refractivity contribution in [2.45, 2.75) is 51.6 Å². The molecule has 17 heavy (non-hydrogen) atoms. The molecular formula is C15H22ClN. The van der Waals surface area contributed by atoms with E-state index in [1.165, 1.54) is 24.8 Å². The van der Waals surface area contributed by atoms with Crippen LogP contribution in [0.25, 0.3) is 0 Å². The van der Waals surface area contributed by atoms with E-state index in [9.17, 15) is 0 Å². The number of rotatable bonds is 4. The summed E-state index contributed by atoms with van der Waals surface area (Å²) in [6.45, 7) is 4.61. The van der Waals surface area contributed by atoms with Gasteiger partial charge in [0.05, 0.1) is 0 Å². The van der Waals surface area contributed by atoms with E-state index in [1.54, 1.807) is 0 Å². The van der Waals surface area contributed by atoms with Gasteiger partial charge in [-0.05, 0) is 43.7 Å². The van der Waals surface area contributed by atoms with Gasteiger partial charge in [-0.25, -0.2) is 0 Å². The van der Waals surface area contributed by atoms with Crippen LogP contribution in [0.1, 0.15) is 38.7 Å². The third-order valence-electron chi connectivity index (χ3n) is 3.84. The summed E-state index contributed by atoms with van der Waals surface area (Å²) in [4.78, 5) is 0. The summed E-state index contributed by atoms with van der Waals surface area (Å²) in [5, 5.41) is 4.64. The SMILES string of the molecule is CC(Cc1ccccc1Cl)NC1CCCC1C. The molecule has 0 saturated heterocycles. The Morgan fingerprint density at radius 3 is 2.76 bits per heavy atom. The molecule has 0 spiro atoms. The molecule has 1 saturated carbocycles. The van der Waals surface area contributed by atoms with E-state index in [-0.39, 0.29) is 0 Å².